The molecule has 0 unspecified atom stereocenters. The van der Waals surface area contributed by atoms with Crippen molar-refractivity contribution in [2.24, 2.45) is 0 Å². The summed E-state index contributed by atoms with van der Waals surface area (Å²) in [5, 5.41) is 12.9. The van der Waals surface area contributed by atoms with Gasteiger partial charge in [0.05, 0.1) is 6.54 Å². The van der Waals surface area contributed by atoms with Crippen molar-refractivity contribution in [3.05, 3.63) is 29.3 Å². The smallest absolute Gasteiger partial charge is 0.234 e. The largest absolute Gasteiger partial charge is 0.490 e. The van der Waals surface area contributed by atoms with Gasteiger partial charge in [-0.2, -0.15) is 0 Å². The van der Waals surface area contributed by atoms with Crippen molar-refractivity contribution in [1.29, 1.82) is 0 Å². The molecule has 1 aromatic carbocycles. The van der Waals surface area contributed by atoms with E-state index in [1.54, 1.807) is 4.90 Å². The number of amides is 1. The van der Waals surface area contributed by atoms with Crippen LogP contribution in [0.2, 0.25) is 0 Å². The van der Waals surface area contributed by atoms with Crippen LogP contribution in [0, 0.1) is 13.8 Å². The van der Waals surface area contributed by atoms with Gasteiger partial charge in [0.2, 0.25) is 5.91 Å². The summed E-state index contributed by atoms with van der Waals surface area (Å²) in [5.74, 6) is 0.780. The molecule has 0 spiro atoms. The maximum Gasteiger partial charge on any atom is 0.234 e. The highest BCUT2D eigenvalue weighted by molar-refractivity contribution is 5.78. The van der Waals surface area contributed by atoms with E-state index >= 15 is 0 Å². The molecule has 0 saturated heterocycles. The lowest BCUT2D eigenvalue weighted by molar-refractivity contribution is -0.122. The topological polar surface area (TPSA) is 61.8 Å². The average Bonchev–Trinajstić information content (AvgIpc) is 2.36. The zero-order chi connectivity index (χ0) is 16.7. The molecule has 0 fully saturated rings. The Balaban J connectivity index is 2.40. The minimum absolute atomic E-state index is 0.0413. The first-order valence-electron chi connectivity index (χ1n) is 7.64. The normalized spacial score (nSPS) is 12.5. The number of aliphatic hydroxyl groups is 1. The molecule has 1 rings (SSSR count). The van der Waals surface area contributed by atoms with Crippen LogP contribution in [0.3, 0.4) is 0 Å². The molecule has 0 aliphatic carbocycles. The van der Waals surface area contributed by atoms with Crippen LogP contribution in [0.5, 0.6) is 5.75 Å². The third kappa shape index (κ3) is 6.45. The summed E-state index contributed by atoms with van der Waals surface area (Å²) in [6.45, 7) is 8.67. The van der Waals surface area contributed by atoms with E-state index in [2.05, 4.69) is 5.32 Å². The first kappa shape index (κ1) is 18.5. The Kier molecular flexibility index (Phi) is 7.35. The van der Waals surface area contributed by atoms with E-state index in [0.717, 1.165) is 16.9 Å². The number of carbonyl (C=O) groups is 1. The van der Waals surface area contributed by atoms with Gasteiger partial charge in [-0.25, -0.2) is 0 Å². The summed E-state index contributed by atoms with van der Waals surface area (Å²) in [4.78, 5) is 13.4. The van der Waals surface area contributed by atoms with E-state index in [1.807, 2.05) is 52.9 Å². The summed E-state index contributed by atoms with van der Waals surface area (Å²) in [5.41, 5.74) is 2.11. The SMILES string of the molecule is Cc1cccc(C)c1OC[C@@H](O)CN(C)CC(=O)NC(C)C. The molecule has 1 amide bonds. The minimum Gasteiger partial charge on any atom is -0.490 e. The van der Waals surface area contributed by atoms with Crippen LogP contribution < -0.4 is 10.1 Å². The summed E-state index contributed by atoms with van der Waals surface area (Å²) in [6, 6.07) is 6.07. The van der Waals surface area contributed by atoms with Crippen molar-refractivity contribution in [1.82, 2.24) is 10.2 Å². The predicted octanol–water partition coefficient (Wildman–Crippen LogP) is 1.50. The third-order valence-corrected chi connectivity index (χ3v) is 3.21. The van der Waals surface area contributed by atoms with Crippen molar-refractivity contribution in [3.63, 3.8) is 0 Å². The van der Waals surface area contributed by atoms with Gasteiger partial charge in [0, 0.05) is 12.6 Å². The minimum atomic E-state index is -0.643. The van der Waals surface area contributed by atoms with E-state index in [1.165, 1.54) is 0 Å². The van der Waals surface area contributed by atoms with Crippen LogP contribution in [0.25, 0.3) is 0 Å². The summed E-state index contributed by atoms with van der Waals surface area (Å²) in [7, 11) is 1.81. The number of likely N-dealkylation sites (N-methyl/N-ethyl adjacent to an activating group) is 1. The molecule has 2 N–H and O–H groups in total. The molecule has 1 aromatic rings. The van der Waals surface area contributed by atoms with Gasteiger partial charge in [-0.05, 0) is 45.9 Å². The van der Waals surface area contributed by atoms with Gasteiger partial charge in [-0.1, -0.05) is 18.2 Å². The van der Waals surface area contributed by atoms with Gasteiger partial charge in [-0.3, -0.25) is 9.69 Å². The second-order valence-electron chi connectivity index (χ2n) is 6.10. The number of aryl methyl sites for hydroxylation is 2. The summed E-state index contributed by atoms with van der Waals surface area (Å²) in [6.07, 6.45) is -0.643. The molecule has 0 radical (unpaired) electrons. The highest BCUT2D eigenvalue weighted by Crippen LogP contribution is 2.22. The molecule has 0 aliphatic rings. The van der Waals surface area contributed by atoms with Crippen LogP contribution >= 0.6 is 0 Å². The van der Waals surface area contributed by atoms with Crippen LogP contribution in [0.15, 0.2) is 18.2 Å². The lowest BCUT2D eigenvalue weighted by atomic mass is 10.1. The van der Waals surface area contributed by atoms with E-state index in [9.17, 15) is 9.90 Å². The fraction of sp³-hybridized carbons (Fsp3) is 0.588. The van der Waals surface area contributed by atoms with Gasteiger partial charge in [0.15, 0.2) is 0 Å². The summed E-state index contributed by atoms with van der Waals surface area (Å²) >= 11 is 0. The molecule has 5 nitrogen and oxygen atoms in total. The molecule has 0 aliphatic heterocycles. The first-order chi connectivity index (χ1) is 10.3. The Labute approximate surface area is 133 Å². The van der Waals surface area contributed by atoms with Gasteiger partial charge in [0.1, 0.15) is 18.5 Å². The molecule has 0 aromatic heterocycles. The van der Waals surface area contributed by atoms with Gasteiger partial charge < -0.3 is 15.2 Å². The second-order valence-corrected chi connectivity index (χ2v) is 6.10. The van der Waals surface area contributed by atoms with Crippen LogP contribution in [-0.4, -0.2) is 54.8 Å². The van der Waals surface area contributed by atoms with E-state index in [-0.39, 0.29) is 25.1 Å². The maximum absolute atomic E-state index is 11.6. The Morgan fingerprint density at radius 3 is 2.45 bits per heavy atom. The number of rotatable bonds is 8. The Morgan fingerprint density at radius 1 is 1.32 bits per heavy atom. The van der Waals surface area contributed by atoms with Crippen molar-refractivity contribution in [2.45, 2.75) is 39.8 Å². The highest BCUT2D eigenvalue weighted by Gasteiger charge is 2.13. The van der Waals surface area contributed by atoms with Gasteiger partial charge in [-0.15, -0.1) is 0 Å². The zero-order valence-electron chi connectivity index (χ0n) is 14.2. The molecule has 5 heteroatoms. The number of carbonyl (C=O) groups excluding carboxylic acids is 1. The molecule has 0 heterocycles. The van der Waals surface area contributed by atoms with Gasteiger partial charge in [0.25, 0.3) is 0 Å². The Hall–Kier alpha value is -1.59. The van der Waals surface area contributed by atoms with E-state index in [0.29, 0.717) is 6.54 Å². The number of nitrogens with zero attached hydrogens (tertiary/aromatic N) is 1. The highest BCUT2D eigenvalue weighted by atomic mass is 16.5. The molecular formula is C17H28N2O3. The quantitative estimate of drug-likeness (QED) is 0.764. The van der Waals surface area contributed by atoms with Crippen LogP contribution in [-0.2, 0) is 4.79 Å². The number of nitrogens with one attached hydrogen (secondary N) is 1. The molecule has 1 atom stereocenters. The van der Waals surface area contributed by atoms with Crippen molar-refractivity contribution in [3.8, 4) is 5.75 Å². The first-order valence-corrected chi connectivity index (χ1v) is 7.64. The van der Waals surface area contributed by atoms with Crippen molar-refractivity contribution < 1.29 is 14.6 Å². The zero-order valence-corrected chi connectivity index (χ0v) is 14.2. The fourth-order valence-electron chi connectivity index (χ4n) is 2.30. The standard InChI is InChI=1S/C17H28N2O3/c1-12(2)18-16(21)10-19(5)9-15(20)11-22-17-13(3)7-6-8-14(17)4/h6-8,12,15,20H,9-11H2,1-5H3,(H,18,21)/t15-/m0/s1. The number of ether oxygens (including phenoxy) is 1. The Morgan fingerprint density at radius 2 is 1.91 bits per heavy atom. The molecule has 124 valence electrons. The lowest BCUT2D eigenvalue weighted by Gasteiger charge is -2.21. The fourth-order valence-corrected chi connectivity index (χ4v) is 2.30. The Bertz CT molecular complexity index is 469. The van der Waals surface area contributed by atoms with Crippen LogP contribution in [0.4, 0.5) is 0 Å². The van der Waals surface area contributed by atoms with Crippen molar-refractivity contribution in [2.75, 3.05) is 26.7 Å². The monoisotopic (exact) mass is 308 g/mol. The second kappa shape index (κ2) is 8.76. The molecule has 22 heavy (non-hydrogen) atoms. The summed E-state index contributed by atoms with van der Waals surface area (Å²) < 4.78 is 5.72. The predicted molar refractivity (Wildman–Crippen MR) is 88.2 cm³/mol. The van der Waals surface area contributed by atoms with E-state index in [4.69, 9.17) is 4.74 Å². The number of hydrogen-bond donors (Lipinski definition) is 2. The lowest BCUT2D eigenvalue weighted by Crippen LogP contribution is -2.42. The molecular weight excluding hydrogens is 280 g/mol. The number of para-hydroxylation sites is 1. The van der Waals surface area contributed by atoms with Crippen LogP contribution in [0.1, 0.15) is 25.0 Å². The molecule has 0 bridgehead atoms. The van der Waals surface area contributed by atoms with Crippen molar-refractivity contribution >= 4 is 5.91 Å². The number of aliphatic hydroxyl groups excluding tert-OH is 1. The molecule has 0 saturated carbocycles. The van der Waals surface area contributed by atoms with E-state index < -0.39 is 6.10 Å². The third-order valence-electron chi connectivity index (χ3n) is 3.21. The average molecular weight is 308 g/mol. The maximum atomic E-state index is 11.6. The van der Waals surface area contributed by atoms with Gasteiger partial charge >= 0.3 is 0 Å². The number of benzene rings is 1. The number of hydrogen-bond acceptors (Lipinski definition) is 4.